The standard InChI is InChI=1S/C23H30N6O2/c1-17-15-25-18(2)22(26-17)28-12-10-27(11-13-28)21(30)14-20-23(31)24-8-9-29(20)16-19-6-4-3-5-7-19/h3-7,15,20H,8-14,16H2,1-2H3,(H,24,31)/t20-/m1/s1. The van der Waals surface area contributed by atoms with E-state index in [1.54, 1.807) is 6.20 Å². The van der Waals surface area contributed by atoms with Crippen molar-refractivity contribution in [1.29, 1.82) is 0 Å². The lowest BCUT2D eigenvalue weighted by molar-refractivity contribution is -0.139. The molecule has 0 aliphatic carbocycles. The van der Waals surface area contributed by atoms with Crippen LogP contribution in [0.25, 0.3) is 0 Å². The molecule has 1 atom stereocenters. The molecule has 164 valence electrons. The van der Waals surface area contributed by atoms with Crippen LogP contribution in [-0.4, -0.2) is 76.9 Å². The van der Waals surface area contributed by atoms with Gasteiger partial charge in [0, 0.05) is 52.0 Å². The second-order valence-corrected chi connectivity index (χ2v) is 8.26. The first kappa shape index (κ1) is 21.2. The minimum atomic E-state index is -0.427. The van der Waals surface area contributed by atoms with E-state index in [1.807, 2.05) is 36.9 Å². The van der Waals surface area contributed by atoms with Gasteiger partial charge in [-0.25, -0.2) is 4.98 Å². The van der Waals surface area contributed by atoms with Crippen molar-refractivity contribution >= 4 is 17.6 Å². The molecule has 4 rings (SSSR count). The first-order valence-corrected chi connectivity index (χ1v) is 10.9. The number of hydrogen-bond donors (Lipinski definition) is 1. The second-order valence-electron chi connectivity index (χ2n) is 8.26. The van der Waals surface area contributed by atoms with E-state index in [2.05, 4.69) is 37.2 Å². The zero-order chi connectivity index (χ0) is 21.8. The molecule has 2 aliphatic rings. The molecule has 1 N–H and O–H groups in total. The van der Waals surface area contributed by atoms with Crippen LogP contribution >= 0.6 is 0 Å². The van der Waals surface area contributed by atoms with E-state index in [4.69, 9.17) is 0 Å². The molecule has 2 aliphatic heterocycles. The molecule has 2 fully saturated rings. The molecule has 1 aromatic heterocycles. The van der Waals surface area contributed by atoms with E-state index in [1.165, 1.54) is 0 Å². The fourth-order valence-corrected chi connectivity index (χ4v) is 4.28. The minimum Gasteiger partial charge on any atom is -0.353 e. The molecule has 0 saturated carbocycles. The van der Waals surface area contributed by atoms with Gasteiger partial charge in [0.1, 0.15) is 5.82 Å². The molecule has 0 radical (unpaired) electrons. The molecule has 8 heteroatoms. The molecule has 2 amide bonds. The number of piperazine rings is 2. The van der Waals surface area contributed by atoms with Gasteiger partial charge in [-0.05, 0) is 19.4 Å². The maximum Gasteiger partial charge on any atom is 0.237 e. The summed E-state index contributed by atoms with van der Waals surface area (Å²) >= 11 is 0. The van der Waals surface area contributed by atoms with Crippen LogP contribution in [0, 0.1) is 13.8 Å². The number of anilines is 1. The Labute approximate surface area is 183 Å². The first-order valence-electron chi connectivity index (χ1n) is 10.9. The molecule has 2 aromatic rings. The molecule has 0 bridgehead atoms. The number of nitrogens with zero attached hydrogens (tertiary/aromatic N) is 5. The van der Waals surface area contributed by atoms with Gasteiger partial charge < -0.3 is 15.1 Å². The molecule has 0 spiro atoms. The maximum atomic E-state index is 13.0. The van der Waals surface area contributed by atoms with Crippen LogP contribution in [0.4, 0.5) is 5.82 Å². The van der Waals surface area contributed by atoms with Crippen molar-refractivity contribution in [3.8, 4) is 0 Å². The Hall–Kier alpha value is -3.00. The summed E-state index contributed by atoms with van der Waals surface area (Å²) in [5, 5.41) is 2.92. The van der Waals surface area contributed by atoms with Gasteiger partial charge in [0.2, 0.25) is 11.8 Å². The zero-order valence-corrected chi connectivity index (χ0v) is 18.3. The molecular formula is C23H30N6O2. The van der Waals surface area contributed by atoms with E-state index in [0.717, 1.165) is 42.4 Å². The third-order valence-electron chi connectivity index (χ3n) is 6.02. The average molecular weight is 423 g/mol. The lowest BCUT2D eigenvalue weighted by atomic mass is 10.1. The number of carbonyl (C=O) groups excluding carboxylic acids is 2. The Morgan fingerprint density at radius 2 is 1.84 bits per heavy atom. The predicted octanol–water partition coefficient (Wildman–Crippen LogP) is 1.13. The van der Waals surface area contributed by atoms with E-state index >= 15 is 0 Å². The third-order valence-corrected chi connectivity index (χ3v) is 6.02. The Balaban J connectivity index is 1.37. The molecule has 8 nitrogen and oxygen atoms in total. The summed E-state index contributed by atoms with van der Waals surface area (Å²) in [5.74, 6) is 0.874. The summed E-state index contributed by atoms with van der Waals surface area (Å²) in [6.07, 6.45) is 1.98. The molecular weight excluding hydrogens is 392 g/mol. The Kier molecular flexibility index (Phi) is 6.46. The van der Waals surface area contributed by atoms with Gasteiger partial charge in [-0.2, -0.15) is 0 Å². The van der Waals surface area contributed by atoms with Gasteiger partial charge in [0.25, 0.3) is 0 Å². The van der Waals surface area contributed by atoms with Crippen molar-refractivity contribution < 1.29 is 9.59 Å². The topological polar surface area (TPSA) is 81.7 Å². The van der Waals surface area contributed by atoms with Crippen LogP contribution in [0.15, 0.2) is 36.5 Å². The second kappa shape index (κ2) is 9.43. The van der Waals surface area contributed by atoms with Crippen molar-refractivity contribution in [2.75, 3.05) is 44.2 Å². The fourth-order valence-electron chi connectivity index (χ4n) is 4.28. The van der Waals surface area contributed by atoms with Crippen molar-refractivity contribution in [3.05, 3.63) is 53.5 Å². The highest BCUT2D eigenvalue weighted by molar-refractivity contribution is 5.89. The molecule has 0 unspecified atom stereocenters. The van der Waals surface area contributed by atoms with E-state index in [-0.39, 0.29) is 18.2 Å². The lowest BCUT2D eigenvalue weighted by Crippen LogP contribution is -2.57. The summed E-state index contributed by atoms with van der Waals surface area (Å²) in [6, 6.07) is 9.67. The average Bonchev–Trinajstić information content (AvgIpc) is 2.78. The number of aromatic nitrogens is 2. The molecule has 31 heavy (non-hydrogen) atoms. The molecule has 1 aromatic carbocycles. The van der Waals surface area contributed by atoms with E-state index < -0.39 is 6.04 Å². The number of benzene rings is 1. The van der Waals surface area contributed by atoms with Crippen LogP contribution in [0.3, 0.4) is 0 Å². The minimum absolute atomic E-state index is 0.0341. The Morgan fingerprint density at radius 3 is 2.58 bits per heavy atom. The van der Waals surface area contributed by atoms with Gasteiger partial charge in [-0.3, -0.25) is 19.5 Å². The lowest BCUT2D eigenvalue weighted by Gasteiger charge is -2.38. The quantitative estimate of drug-likeness (QED) is 0.778. The van der Waals surface area contributed by atoms with Gasteiger partial charge in [0.05, 0.1) is 23.9 Å². The van der Waals surface area contributed by atoms with Crippen molar-refractivity contribution in [2.45, 2.75) is 32.9 Å². The highest BCUT2D eigenvalue weighted by Crippen LogP contribution is 2.19. The molecule has 3 heterocycles. The first-order chi connectivity index (χ1) is 15.0. The summed E-state index contributed by atoms with van der Waals surface area (Å²) in [6.45, 7) is 8.62. The number of nitrogens with one attached hydrogen (secondary N) is 1. The number of rotatable bonds is 5. The Morgan fingerprint density at radius 1 is 1.10 bits per heavy atom. The monoisotopic (exact) mass is 422 g/mol. The zero-order valence-electron chi connectivity index (χ0n) is 18.3. The Bertz CT molecular complexity index is 927. The van der Waals surface area contributed by atoms with Gasteiger partial charge in [0.15, 0.2) is 0 Å². The summed E-state index contributed by atoms with van der Waals surface area (Å²) in [4.78, 5) is 40.8. The SMILES string of the molecule is Cc1cnc(C)c(N2CCN(C(=O)C[C@@H]3C(=O)NCCN3Cc3ccccc3)CC2)n1. The number of aryl methyl sites for hydroxylation is 2. The largest absolute Gasteiger partial charge is 0.353 e. The van der Waals surface area contributed by atoms with Crippen molar-refractivity contribution in [2.24, 2.45) is 0 Å². The van der Waals surface area contributed by atoms with E-state index in [0.29, 0.717) is 26.2 Å². The van der Waals surface area contributed by atoms with Crippen LogP contribution in [0.1, 0.15) is 23.4 Å². The van der Waals surface area contributed by atoms with Crippen molar-refractivity contribution in [3.63, 3.8) is 0 Å². The third kappa shape index (κ3) is 5.02. The normalized spacial score (nSPS) is 19.9. The van der Waals surface area contributed by atoms with Crippen LogP contribution < -0.4 is 10.2 Å². The fraction of sp³-hybridized carbons (Fsp3) is 0.478. The van der Waals surface area contributed by atoms with Crippen LogP contribution in [0.2, 0.25) is 0 Å². The van der Waals surface area contributed by atoms with Gasteiger partial charge >= 0.3 is 0 Å². The van der Waals surface area contributed by atoms with Gasteiger partial charge in [-0.1, -0.05) is 30.3 Å². The summed E-state index contributed by atoms with van der Waals surface area (Å²) in [7, 11) is 0. The summed E-state index contributed by atoms with van der Waals surface area (Å²) in [5.41, 5.74) is 2.94. The highest BCUT2D eigenvalue weighted by atomic mass is 16.2. The summed E-state index contributed by atoms with van der Waals surface area (Å²) < 4.78 is 0. The number of carbonyl (C=O) groups is 2. The van der Waals surface area contributed by atoms with E-state index in [9.17, 15) is 9.59 Å². The predicted molar refractivity (Wildman–Crippen MR) is 119 cm³/mol. The van der Waals surface area contributed by atoms with Crippen LogP contribution in [-0.2, 0) is 16.1 Å². The maximum absolute atomic E-state index is 13.0. The van der Waals surface area contributed by atoms with Crippen LogP contribution in [0.5, 0.6) is 0 Å². The van der Waals surface area contributed by atoms with Gasteiger partial charge in [-0.15, -0.1) is 0 Å². The van der Waals surface area contributed by atoms with Crippen molar-refractivity contribution in [1.82, 2.24) is 25.1 Å². The number of hydrogen-bond acceptors (Lipinski definition) is 6. The highest BCUT2D eigenvalue weighted by Gasteiger charge is 2.33. The smallest absolute Gasteiger partial charge is 0.237 e. The molecule has 2 saturated heterocycles. The number of amides is 2.